The Kier molecular flexibility index (Phi) is 5.12. The van der Waals surface area contributed by atoms with E-state index in [-0.39, 0.29) is 12.4 Å². The molecule has 1 saturated heterocycles. The van der Waals surface area contributed by atoms with Gasteiger partial charge in [-0.1, -0.05) is 25.1 Å². The average molecular weight is 281 g/mol. The summed E-state index contributed by atoms with van der Waals surface area (Å²) in [6.45, 7) is 7.24. The maximum atomic E-state index is 3.53. The van der Waals surface area contributed by atoms with E-state index in [2.05, 4.69) is 41.4 Å². The van der Waals surface area contributed by atoms with Gasteiger partial charge in [-0.3, -0.25) is 0 Å². The second kappa shape index (κ2) is 6.62. The summed E-state index contributed by atoms with van der Waals surface area (Å²) in [7, 11) is 0. The lowest BCUT2D eigenvalue weighted by molar-refractivity contribution is 0.373. The number of fused-ring (bicyclic) bond motifs is 1. The van der Waals surface area contributed by atoms with Crippen LogP contribution >= 0.6 is 12.4 Å². The van der Waals surface area contributed by atoms with Gasteiger partial charge >= 0.3 is 0 Å². The van der Waals surface area contributed by atoms with Crippen LogP contribution in [0.25, 0.3) is 0 Å². The predicted molar refractivity (Wildman–Crippen MR) is 84.5 cm³/mol. The highest BCUT2D eigenvalue weighted by Gasteiger charge is 2.24. The molecule has 2 aliphatic heterocycles. The Morgan fingerprint density at radius 3 is 2.89 bits per heavy atom. The van der Waals surface area contributed by atoms with Crippen LogP contribution in [0.5, 0.6) is 0 Å². The van der Waals surface area contributed by atoms with Crippen molar-refractivity contribution >= 4 is 18.1 Å². The fourth-order valence-electron chi connectivity index (χ4n) is 3.40. The number of para-hydroxylation sites is 1. The van der Waals surface area contributed by atoms with Crippen LogP contribution in [0, 0.1) is 5.92 Å². The summed E-state index contributed by atoms with van der Waals surface area (Å²) in [6.07, 6.45) is 4.04. The number of hydrogen-bond donors (Lipinski definition) is 1. The highest BCUT2D eigenvalue weighted by atomic mass is 35.5. The van der Waals surface area contributed by atoms with Gasteiger partial charge in [0.15, 0.2) is 0 Å². The van der Waals surface area contributed by atoms with Crippen molar-refractivity contribution in [1.29, 1.82) is 0 Å². The fourth-order valence-corrected chi connectivity index (χ4v) is 3.40. The summed E-state index contributed by atoms with van der Waals surface area (Å²) < 4.78 is 0. The maximum absolute atomic E-state index is 3.53. The van der Waals surface area contributed by atoms with E-state index in [4.69, 9.17) is 0 Å². The number of nitrogens with zero attached hydrogens (tertiary/aromatic N) is 1. The van der Waals surface area contributed by atoms with Crippen molar-refractivity contribution in [2.24, 2.45) is 5.92 Å². The van der Waals surface area contributed by atoms with Crippen molar-refractivity contribution in [3.8, 4) is 0 Å². The Balaban J connectivity index is 0.00000133. The molecular weight excluding hydrogens is 256 g/mol. The highest BCUT2D eigenvalue weighted by molar-refractivity contribution is 5.85. The Labute approximate surface area is 123 Å². The lowest BCUT2D eigenvalue weighted by Gasteiger charge is -2.37. The molecule has 0 aliphatic carbocycles. The summed E-state index contributed by atoms with van der Waals surface area (Å²) in [5.41, 5.74) is 3.04. The number of piperidine rings is 1. The third-order valence-electron chi connectivity index (χ3n) is 4.52. The van der Waals surface area contributed by atoms with Gasteiger partial charge in [-0.15, -0.1) is 12.4 Å². The van der Waals surface area contributed by atoms with Crippen molar-refractivity contribution in [2.75, 3.05) is 31.1 Å². The molecule has 0 spiro atoms. The Bertz CT molecular complexity index is 401. The van der Waals surface area contributed by atoms with E-state index < -0.39 is 0 Å². The molecule has 0 saturated carbocycles. The molecule has 106 valence electrons. The van der Waals surface area contributed by atoms with E-state index in [1.165, 1.54) is 51.1 Å². The quantitative estimate of drug-likeness (QED) is 0.893. The first-order chi connectivity index (χ1) is 8.84. The number of rotatable bonds is 2. The standard InChI is InChI=1S/C16H24N2.ClH/c1-13-8-10-18(12-14-5-4-9-17-11-14)16-7-3-2-6-15(13)16;/h2-3,6-7,13-14,17H,4-5,8-12H2,1H3;1H. The molecule has 0 radical (unpaired) electrons. The van der Waals surface area contributed by atoms with Crippen molar-refractivity contribution < 1.29 is 0 Å². The molecule has 1 aromatic rings. The zero-order chi connectivity index (χ0) is 12.4. The fraction of sp³-hybridized carbons (Fsp3) is 0.625. The molecule has 3 heteroatoms. The summed E-state index contributed by atoms with van der Waals surface area (Å²) in [4.78, 5) is 2.62. The van der Waals surface area contributed by atoms with Gasteiger partial charge in [0.25, 0.3) is 0 Å². The van der Waals surface area contributed by atoms with Crippen molar-refractivity contribution in [3.05, 3.63) is 29.8 Å². The Morgan fingerprint density at radius 2 is 2.11 bits per heavy atom. The second-order valence-electron chi connectivity index (χ2n) is 5.91. The molecule has 0 amide bonds. The minimum Gasteiger partial charge on any atom is -0.371 e. The largest absolute Gasteiger partial charge is 0.371 e. The molecule has 2 nitrogen and oxygen atoms in total. The molecule has 19 heavy (non-hydrogen) atoms. The first-order valence-corrected chi connectivity index (χ1v) is 7.39. The second-order valence-corrected chi connectivity index (χ2v) is 5.91. The molecule has 2 heterocycles. The lowest BCUT2D eigenvalue weighted by atomic mass is 9.90. The molecule has 2 atom stereocenters. The Hall–Kier alpha value is -0.730. The average Bonchev–Trinajstić information content (AvgIpc) is 2.44. The number of nitrogens with one attached hydrogen (secondary N) is 1. The van der Waals surface area contributed by atoms with Crippen LogP contribution in [-0.4, -0.2) is 26.2 Å². The summed E-state index contributed by atoms with van der Waals surface area (Å²) in [6, 6.07) is 8.98. The number of anilines is 1. The highest BCUT2D eigenvalue weighted by Crippen LogP contribution is 2.35. The van der Waals surface area contributed by atoms with Gasteiger partial charge in [0, 0.05) is 18.8 Å². The zero-order valence-electron chi connectivity index (χ0n) is 11.8. The van der Waals surface area contributed by atoms with Crippen molar-refractivity contribution in [3.63, 3.8) is 0 Å². The van der Waals surface area contributed by atoms with Crippen LogP contribution in [0.4, 0.5) is 5.69 Å². The van der Waals surface area contributed by atoms with E-state index >= 15 is 0 Å². The molecule has 0 aromatic heterocycles. The first kappa shape index (κ1) is 14.7. The summed E-state index contributed by atoms with van der Waals surface area (Å²) >= 11 is 0. The summed E-state index contributed by atoms with van der Waals surface area (Å²) in [5, 5.41) is 3.53. The monoisotopic (exact) mass is 280 g/mol. The zero-order valence-corrected chi connectivity index (χ0v) is 12.6. The number of halogens is 1. The van der Waals surface area contributed by atoms with Crippen molar-refractivity contribution in [1.82, 2.24) is 5.32 Å². The van der Waals surface area contributed by atoms with Gasteiger partial charge in [0.1, 0.15) is 0 Å². The third-order valence-corrected chi connectivity index (χ3v) is 4.52. The van der Waals surface area contributed by atoms with E-state index in [9.17, 15) is 0 Å². The molecule has 0 bridgehead atoms. The van der Waals surface area contributed by atoms with E-state index in [1.807, 2.05) is 0 Å². The molecule has 3 rings (SSSR count). The van der Waals surface area contributed by atoms with Gasteiger partial charge < -0.3 is 10.2 Å². The van der Waals surface area contributed by atoms with Gasteiger partial charge in [-0.05, 0) is 55.8 Å². The molecular formula is C16H25ClN2. The summed E-state index contributed by atoms with van der Waals surface area (Å²) in [5.74, 6) is 1.56. The van der Waals surface area contributed by atoms with Crippen LogP contribution in [0.1, 0.15) is 37.7 Å². The first-order valence-electron chi connectivity index (χ1n) is 7.39. The van der Waals surface area contributed by atoms with Gasteiger partial charge in [-0.25, -0.2) is 0 Å². The van der Waals surface area contributed by atoms with Crippen LogP contribution in [0.15, 0.2) is 24.3 Å². The van der Waals surface area contributed by atoms with E-state index in [0.717, 1.165) is 11.8 Å². The van der Waals surface area contributed by atoms with Crippen LogP contribution < -0.4 is 10.2 Å². The normalized spacial score (nSPS) is 26.5. The van der Waals surface area contributed by atoms with Gasteiger partial charge in [-0.2, -0.15) is 0 Å². The van der Waals surface area contributed by atoms with Crippen molar-refractivity contribution in [2.45, 2.75) is 32.1 Å². The lowest BCUT2D eigenvalue weighted by Crippen LogP contribution is -2.40. The van der Waals surface area contributed by atoms with E-state index in [1.54, 1.807) is 5.56 Å². The number of benzene rings is 1. The third kappa shape index (κ3) is 3.24. The molecule has 2 aliphatic rings. The molecule has 1 aromatic carbocycles. The van der Waals surface area contributed by atoms with E-state index in [0.29, 0.717) is 0 Å². The predicted octanol–water partition coefficient (Wildman–Crippen LogP) is 3.42. The van der Waals surface area contributed by atoms with Gasteiger partial charge in [0.2, 0.25) is 0 Å². The molecule has 1 fully saturated rings. The van der Waals surface area contributed by atoms with Crippen LogP contribution in [0.2, 0.25) is 0 Å². The SMILES string of the molecule is CC1CCN(CC2CCCNC2)c2ccccc21.Cl. The minimum atomic E-state index is 0. The smallest absolute Gasteiger partial charge is 0.0401 e. The molecule has 2 unspecified atom stereocenters. The number of hydrogen-bond acceptors (Lipinski definition) is 2. The van der Waals surface area contributed by atoms with Crippen LogP contribution in [0.3, 0.4) is 0 Å². The van der Waals surface area contributed by atoms with Crippen LogP contribution in [-0.2, 0) is 0 Å². The minimum absolute atomic E-state index is 0. The maximum Gasteiger partial charge on any atom is 0.0401 e. The Morgan fingerprint density at radius 1 is 1.26 bits per heavy atom. The topological polar surface area (TPSA) is 15.3 Å². The molecule has 1 N–H and O–H groups in total. The van der Waals surface area contributed by atoms with Gasteiger partial charge in [0.05, 0.1) is 0 Å².